The van der Waals surface area contributed by atoms with Crippen LogP contribution in [0, 0.1) is 5.82 Å². The Balaban J connectivity index is 2.16. The molecular formula is C18H16FN3O3. The number of rotatable bonds is 3. The van der Waals surface area contributed by atoms with E-state index in [1.807, 2.05) is 18.2 Å². The molecule has 25 heavy (non-hydrogen) atoms. The summed E-state index contributed by atoms with van der Waals surface area (Å²) < 4.78 is 25.2. The van der Waals surface area contributed by atoms with E-state index in [1.54, 1.807) is 19.3 Å². The van der Waals surface area contributed by atoms with E-state index in [0.29, 0.717) is 16.9 Å². The predicted molar refractivity (Wildman–Crippen MR) is 92.1 cm³/mol. The summed E-state index contributed by atoms with van der Waals surface area (Å²) in [6, 6.07) is 9.89. The van der Waals surface area contributed by atoms with Crippen molar-refractivity contribution in [3.05, 3.63) is 65.0 Å². The van der Waals surface area contributed by atoms with Gasteiger partial charge in [0.15, 0.2) is 17.5 Å². The van der Waals surface area contributed by atoms with Gasteiger partial charge in [-0.2, -0.15) is 4.99 Å². The molecule has 3 rings (SSSR count). The van der Waals surface area contributed by atoms with Crippen LogP contribution < -0.4 is 20.9 Å². The lowest BCUT2D eigenvalue weighted by molar-refractivity contribution is 0.100. The number of aliphatic imine (C=N–C) groups is 1. The van der Waals surface area contributed by atoms with Crippen molar-refractivity contribution in [2.45, 2.75) is 0 Å². The Bertz CT molecular complexity index is 902. The third kappa shape index (κ3) is 3.16. The molecule has 0 aromatic heterocycles. The lowest BCUT2D eigenvalue weighted by Gasteiger charge is -2.21. The van der Waals surface area contributed by atoms with Gasteiger partial charge in [0, 0.05) is 16.7 Å². The summed E-state index contributed by atoms with van der Waals surface area (Å²) in [6.45, 7) is 0.207. The number of amides is 1. The molecule has 0 atom stereocenters. The zero-order valence-electron chi connectivity index (χ0n) is 13.5. The van der Waals surface area contributed by atoms with E-state index in [2.05, 4.69) is 4.99 Å². The number of carbonyl (C=O) groups excluding carboxylic acids is 1. The highest BCUT2D eigenvalue weighted by molar-refractivity contribution is 6.03. The van der Waals surface area contributed by atoms with Gasteiger partial charge in [-0.25, -0.2) is 4.39 Å². The normalized spacial score (nSPS) is 12.5. The van der Waals surface area contributed by atoms with Crippen molar-refractivity contribution in [3.63, 3.8) is 0 Å². The number of fused-ring (bicyclic) bond motifs is 1. The SMILES string of the molecule is COc1ccccc1C1=CCOc2c(F)cc(C(=O)N=C(N)N)cc21. The first-order chi connectivity index (χ1) is 12.0. The molecule has 0 bridgehead atoms. The molecule has 0 radical (unpaired) electrons. The van der Waals surface area contributed by atoms with Crippen LogP contribution in [0.5, 0.6) is 11.5 Å². The van der Waals surface area contributed by atoms with Gasteiger partial charge in [-0.3, -0.25) is 4.79 Å². The van der Waals surface area contributed by atoms with Crippen LogP contribution in [0.1, 0.15) is 21.5 Å². The molecule has 6 nitrogen and oxygen atoms in total. The van der Waals surface area contributed by atoms with Gasteiger partial charge in [-0.1, -0.05) is 18.2 Å². The quantitative estimate of drug-likeness (QED) is 0.657. The maximum Gasteiger partial charge on any atom is 0.280 e. The summed E-state index contributed by atoms with van der Waals surface area (Å²) in [6.07, 6.45) is 1.80. The highest BCUT2D eigenvalue weighted by atomic mass is 19.1. The number of guanidine groups is 1. The van der Waals surface area contributed by atoms with Crippen LogP contribution in [0.25, 0.3) is 5.57 Å². The van der Waals surface area contributed by atoms with E-state index in [9.17, 15) is 9.18 Å². The molecule has 2 aromatic rings. The number of halogens is 1. The van der Waals surface area contributed by atoms with Gasteiger partial charge in [-0.15, -0.1) is 0 Å². The number of nitrogens with two attached hydrogens (primary N) is 2. The molecule has 0 fully saturated rings. The average molecular weight is 341 g/mol. The molecule has 1 amide bonds. The number of carbonyl (C=O) groups is 1. The number of para-hydroxylation sites is 1. The second-order valence-corrected chi connectivity index (χ2v) is 5.31. The summed E-state index contributed by atoms with van der Waals surface area (Å²) in [7, 11) is 1.55. The molecule has 1 aliphatic heterocycles. The summed E-state index contributed by atoms with van der Waals surface area (Å²) in [5.74, 6) is -1.08. The number of nitrogens with zero attached hydrogens (tertiary/aromatic N) is 1. The molecule has 0 unspecified atom stereocenters. The van der Waals surface area contributed by atoms with Crippen LogP contribution in [0.3, 0.4) is 0 Å². The molecule has 1 aliphatic rings. The highest BCUT2D eigenvalue weighted by Crippen LogP contribution is 2.40. The highest BCUT2D eigenvalue weighted by Gasteiger charge is 2.23. The largest absolute Gasteiger partial charge is 0.496 e. The summed E-state index contributed by atoms with van der Waals surface area (Å²) >= 11 is 0. The first kappa shape index (κ1) is 16.5. The summed E-state index contributed by atoms with van der Waals surface area (Å²) in [5.41, 5.74) is 12.4. The van der Waals surface area contributed by atoms with Gasteiger partial charge in [0.1, 0.15) is 12.4 Å². The Hall–Kier alpha value is -3.35. The van der Waals surface area contributed by atoms with Gasteiger partial charge in [0.05, 0.1) is 7.11 Å². The standard InChI is InChI=1S/C18H16FN3O3/c1-24-15-5-3-2-4-12(15)11-6-7-25-16-13(11)8-10(9-14(16)19)17(23)22-18(20)21/h2-6,8-9H,7H2,1H3,(H4,20,21,22,23). The van der Waals surface area contributed by atoms with E-state index in [-0.39, 0.29) is 23.9 Å². The van der Waals surface area contributed by atoms with E-state index in [1.165, 1.54) is 6.07 Å². The lowest BCUT2D eigenvalue weighted by atomic mass is 9.93. The van der Waals surface area contributed by atoms with Crippen LogP contribution >= 0.6 is 0 Å². The third-order valence-corrected chi connectivity index (χ3v) is 3.72. The number of hydrogen-bond acceptors (Lipinski definition) is 3. The molecule has 2 aromatic carbocycles. The van der Waals surface area contributed by atoms with Crippen LogP contribution in [0.2, 0.25) is 0 Å². The molecule has 0 saturated carbocycles. The first-order valence-electron chi connectivity index (χ1n) is 7.45. The number of methoxy groups -OCH3 is 1. The van der Waals surface area contributed by atoms with E-state index >= 15 is 0 Å². The number of hydrogen-bond donors (Lipinski definition) is 2. The van der Waals surface area contributed by atoms with Gasteiger partial charge in [-0.05, 0) is 29.8 Å². The van der Waals surface area contributed by atoms with E-state index < -0.39 is 11.7 Å². The average Bonchev–Trinajstić information content (AvgIpc) is 2.60. The predicted octanol–water partition coefficient (Wildman–Crippen LogP) is 2.07. The van der Waals surface area contributed by atoms with Crippen molar-refractivity contribution in [1.29, 1.82) is 0 Å². The van der Waals surface area contributed by atoms with Gasteiger partial charge < -0.3 is 20.9 Å². The maximum absolute atomic E-state index is 14.5. The van der Waals surface area contributed by atoms with Crippen molar-refractivity contribution in [2.24, 2.45) is 16.5 Å². The molecule has 7 heteroatoms. The monoisotopic (exact) mass is 341 g/mol. The third-order valence-electron chi connectivity index (χ3n) is 3.72. The molecule has 4 N–H and O–H groups in total. The minimum absolute atomic E-state index is 0.0240. The fourth-order valence-electron chi connectivity index (χ4n) is 2.69. The van der Waals surface area contributed by atoms with Crippen molar-refractivity contribution in [3.8, 4) is 11.5 Å². The topological polar surface area (TPSA) is 99.9 Å². The minimum Gasteiger partial charge on any atom is -0.496 e. The number of ether oxygens (including phenoxy) is 2. The second kappa shape index (κ2) is 6.64. The Morgan fingerprint density at radius 1 is 1.24 bits per heavy atom. The smallest absolute Gasteiger partial charge is 0.280 e. The van der Waals surface area contributed by atoms with E-state index in [0.717, 1.165) is 11.6 Å². The Kier molecular flexibility index (Phi) is 4.38. The summed E-state index contributed by atoms with van der Waals surface area (Å²) in [4.78, 5) is 15.5. The molecular weight excluding hydrogens is 325 g/mol. The molecule has 1 heterocycles. The number of benzene rings is 2. The van der Waals surface area contributed by atoms with Crippen molar-refractivity contribution in [2.75, 3.05) is 13.7 Å². The lowest BCUT2D eigenvalue weighted by Crippen LogP contribution is -2.24. The van der Waals surface area contributed by atoms with E-state index in [4.69, 9.17) is 20.9 Å². The fourth-order valence-corrected chi connectivity index (χ4v) is 2.69. The minimum atomic E-state index is -0.730. The Labute approximate surface area is 143 Å². The molecule has 128 valence electrons. The van der Waals surface area contributed by atoms with Gasteiger partial charge >= 0.3 is 0 Å². The van der Waals surface area contributed by atoms with Gasteiger partial charge in [0.25, 0.3) is 5.91 Å². The zero-order chi connectivity index (χ0) is 18.0. The van der Waals surface area contributed by atoms with Crippen molar-refractivity contribution >= 4 is 17.4 Å². The second-order valence-electron chi connectivity index (χ2n) is 5.31. The van der Waals surface area contributed by atoms with Crippen LogP contribution in [-0.2, 0) is 0 Å². The van der Waals surface area contributed by atoms with Crippen LogP contribution in [0.4, 0.5) is 4.39 Å². The summed E-state index contributed by atoms with van der Waals surface area (Å²) in [5, 5.41) is 0. The zero-order valence-corrected chi connectivity index (χ0v) is 13.5. The van der Waals surface area contributed by atoms with Crippen LogP contribution in [0.15, 0.2) is 47.5 Å². The molecule has 0 saturated heterocycles. The van der Waals surface area contributed by atoms with Crippen molar-refractivity contribution in [1.82, 2.24) is 0 Å². The first-order valence-corrected chi connectivity index (χ1v) is 7.45. The maximum atomic E-state index is 14.5. The molecule has 0 aliphatic carbocycles. The Morgan fingerprint density at radius 3 is 2.72 bits per heavy atom. The van der Waals surface area contributed by atoms with Crippen LogP contribution in [-0.4, -0.2) is 25.6 Å². The molecule has 0 spiro atoms. The Morgan fingerprint density at radius 2 is 2.00 bits per heavy atom. The van der Waals surface area contributed by atoms with Crippen molar-refractivity contribution < 1.29 is 18.7 Å². The van der Waals surface area contributed by atoms with Gasteiger partial charge in [0.2, 0.25) is 0 Å². The fraction of sp³-hybridized carbons (Fsp3) is 0.111.